The standard InChI is InChI=1S/C18H19F2NO3S/c1-13-3-9-17(10-4-13)25(22,23)24-21-11-15(12-21)14-5-7-16(8-6-14)18(2,19)20/h3-10,15H,11-12H2,1-2H3. The second kappa shape index (κ2) is 6.48. The molecule has 25 heavy (non-hydrogen) atoms. The van der Waals surface area contributed by atoms with E-state index in [1.54, 1.807) is 24.3 Å². The Hall–Kier alpha value is -1.83. The molecular formula is C18H19F2NO3S. The van der Waals surface area contributed by atoms with Crippen molar-refractivity contribution in [3.63, 3.8) is 0 Å². The van der Waals surface area contributed by atoms with Gasteiger partial charge in [-0.1, -0.05) is 42.0 Å². The molecule has 1 aliphatic rings. The Morgan fingerprint density at radius 2 is 1.60 bits per heavy atom. The SMILES string of the molecule is Cc1ccc(S(=O)(=O)ON2CC(c3ccc(C(C)(F)F)cc3)C2)cc1. The summed E-state index contributed by atoms with van der Waals surface area (Å²) in [6.45, 7) is 3.52. The highest BCUT2D eigenvalue weighted by Gasteiger charge is 2.33. The van der Waals surface area contributed by atoms with Crippen molar-refractivity contribution in [3.05, 3.63) is 65.2 Å². The minimum atomic E-state index is -3.84. The summed E-state index contributed by atoms with van der Waals surface area (Å²) in [5, 5.41) is 1.36. The normalized spacial score (nSPS) is 16.6. The quantitative estimate of drug-likeness (QED) is 0.806. The Bertz CT molecular complexity index is 837. The fraction of sp³-hybridized carbons (Fsp3) is 0.333. The number of aryl methyl sites for hydroxylation is 1. The van der Waals surface area contributed by atoms with Crippen LogP contribution in [0.2, 0.25) is 0 Å². The van der Waals surface area contributed by atoms with E-state index in [1.165, 1.54) is 29.3 Å². The second-order valence-electron chi connectivity index (χ2n) is 6.40. The van der Waals surface area contributed by atoms with Crippen LogP contribution in [0.4, 0.5) is 8.78 Å². The van der Waals surface area contributed by atoms with Gasteiger partial charge in [0.05, 0.1) is 4.90 Å². The predicted molar refractivity (Wildman–Crippen MR) is 89.8 cm³/mol. The fourth-order valence-electron chi connectivity index (χ4n) is 2.64. The van der Waals surface area contributed by atoms with Gasteiger partial charge >= 0.3 is 10.1 Å². The summed E-state index contributed by atoms with van der Waals surface area (Å²) in [6, 6.07) is 12.5. The number of hydroxylamine groups is 2. The maximum absolute atomic E-state index is 13.2. The van der Waals surface area contributed by atoms with Crippen molar-refractivity contribution in [1.82, 2.24) is 5.06 Å². The van der Waals surface area contributed by atoms with Crippen LogP contribution >= 0.6 is 0 Å². The average molecular weight is 367 g/mol. The molecule has 3 rings (SSSR count). The summed E-state index contributed by atoms with van der Waals surface area (Å²) < 4.78 is 56.0. The molecule has 1 saturated heterocycles. The van der Waals surface area contributed by atoms with Crippen LogP contribution in [0.1, 0.15) is 29.5 Å². The predicted octanol–water partition coefficient (Wildman–Crippen LogP) is 3.83. The van der Waals surface area contributed by atoms with Gasteiger partial charge in [0, 0.05) is 31.5 Å². The molecule has 7 heteroatoms. The molecule has 0 atom stereocenters. The zero-order chi connectivity index (χ0) is 18.2. The van der Waals surface area contributed by atoms with E-state index in [2.05, 4.69) is 0 Å². The molecule has 0 unspecified atom stereocenters. The maximum atomic E-state index is 13.2. The second-order valence-corrected chi connectivity index (χ2v) is 7.92. The molecule has 2 aromatic rings. The van der Waals surface area contributed by atoms with Gasteiger partial charge in [-0.25, -0.2) is 8.78 Å². The third kappa shape index (κ3) is 4.05. The van der Waals surface area contributed by atoms with Gasteiger partial charge in [-0.3, -0.25) is 0 Å². The van der Waals surface area contributed by atoms with Crippen LogP contribution in [-0.4, -0.2) is 26.6 Å². The number of benzene rings is 2. The zero-order valence-electron chi connectivity index (χ0n) is 13.9. The number of hydrogen-bond acceptors (Lipinski definition) is 4. The van der Waals surface area contributed by atoms with E-state index in [9.17, 15) is 17.2 Å². The smallest absolute Gasteiger partial charge is 0.202 e. The van der Waals surface area contributed by atoms with Crippen LogP contribution in [0.15, 0.2) is 53.4 Å². The molecule has 0 aliphatic carbocycles. The third-order valence-electron chi connectivity index (χ3n) is 4.25. The maximum Gasteiger partial charge on any atom is 0.313 e. The van der Waals surface area contributed by atoms with Crippen LogP contribution < -0.4 is 0 Å². The third-order valence-corrected chi connectivity index (χ3v) is 5.51. The highest BCUT2D eigenvalue weighted by molar-refractivity contribution is 7.86. The van der Waals surface area contributed by atoms with Gasteiger partial charge in [0.25, 0.3) is 5.92 Å². The van der Waals surface area contributed by atoms with Crippen molar-refractivity contribution in [3.8, 4) is 0 Å². The summed E-state index contributed by atoms with van der Waals surface area (Å²) in [6.07, 6.45) is 0. The highest BCUT2D eigenvalue weighted by Crippen LogP contribution is 2.32. The molecule has 1 aliphatic heterocycles. The van der Waals surface area contributed by atoms with Crippen LogP contribution in [0.25, 0.3) is 0 Å². The number of rotatable bonds is 5. The van der Waals surface area contributed by atoms with E-state index in [-0.39, 0.29) is 16.4 Å². The lowest BCUT2D eigenvalue weighted by molar-refractivity contribution is -0.114. The summed E-state index contributed by atoms with van der Waals surface area (Å²) in [5.74, 6) is -2.80. The summed E-state index contributed by atoms with van der Waals surface area (Å²) in [5.41, 5.74) is 1.82. The van der Waals surface area contributed by atoms with Crippen molar-refractivity contribution < 1.29 is 21.5 Å². The molecule has 4 nitrogen and oxygen atoms in total. The first-order valence-corrected chi connectivity index (χ1v) is 9.30. The van der Waals surface area contributed by atoms with E-state index in [1.807, 2.05) is 6.92 Å². The Morgan fingerprint density at radius 1 is 1.04 bits per heavy atom. The van der Waals surface area contributed by atoms with Gasteiger partial charge in [-0.15, -0.1) is 0 Å². The summed E-state index contributed by atoms with van der Waals surface area (Å²) in [4.78, 5) is 0.107. The topological polar surface area (TPSA) is 46.6 Å². The molecular weight excluding hydrogens is 348 g/mol. The van der Waals surface area contributed by atoms with Gasteiger partial charge < -0.3 is 0 Å². The fourth-order valence-corrected chi connectivity index (χ4v) is 3.60. The van der Waals surface area contributed by atoms with Crippen molar-refractivity contribution in [2.75, 3.05) is 13.1 Å². The lowest BCUT2D eigenvalue weighted by Gasteiger charge is -2.37. The monoisotopic (exact) mass is 367 g/mol. The lowest BCUT2D eigenvalue weighted by Crippen LogP contribution is -2.45. The number of hydrogen-bond donors (Lipinski definition) is 0. The molecule has 0 aromatic heterocycles. The molecule has 0 N–H and O–H groups in total. The van der Waals surface area contributed by atoms with Crippen molar-refractivity contribution in [2.45, 2.75) is 30.6 Å². The number of halogens is 2. The Balaban J connectivity index is 1.60. The van der Waals surface area contributed by atoms with Crippen molar-refractivity contribution >= 4 is 10.1 Å². The van der Waals surface area contributed by atoms with E-state index < -0.39 is 16.0 Å². The van der Waals surface area contributed by atoms with Gasteiger partial charge in [-0.05, 0) is 24.6 Å². The molecule has 0 spiro atoms. The summed E-state index contributed by atoms with van der Waals surface area (Å²) in [7, 11) is -3.84. The van der Waals surface area contributed by atoms with E-state index >= 15 is 0 Å². The Morgan fingerprint density at radius 3 is 2.12 bits per heavy atom. The van der Waals surface area contributed by atoms with Crippen LogP contribution in [-0.2, 0) is 20.3 Å². The minimum absolute atomic E-state index is 0.0365. The molecule has 134 valence electrons. The molecule has 0 amide bonds. The number of alkyl halides is 2. The van der Waals surface area contributed by atoms with Gasteiger partial charge in [0.1, 0.15) is 0 Å². The van der Waals surface area contributed by atoms with E-state index in [0.717, 1.165) is 18.1 Å². The first kappa shape index (κ1) is 18.0. The molecule has 0 saturated carbocycles. The van der Waals surface area contributed by atoms with E-state index in [0.29, 0.717) is 13.1 Å². The van der Waals surface area contributed by atoms with Crippen molar-refractivity contribution in [1.29, 1.82) is 0 Å². The molecule has 0 bridgehead atoms. The molecule has 1 heterocycles. The van der Waals surface area contributed by atoms with Gasteiger partial charge in [-0.2, -0.15) is 17.8 Å². The van der Waals surface area contributed by atoms with Crippen LogP contribution in [0.3, 0.4) is 0 Å². The van der Waals surface area contributed by atoms with Crippen LogP contribution in [0.5, 0.6) is 0 Å². The minimum Gasteiger partial charge on any atom is -0.202 e. The first-order valence-electron chi connectivity index (χ1n) is 7.90. The van der Waals surface area contributed by atoms with Gasteiger partial charge in [0.15, 0.2) is 0 Å². The average Bonchev–Trinajstić information content (AvgIpc) is 2.50. The Labute approximate surface area is 146 Å². The highest BCUT2D eigenvalue weighted by atomic mass is 32.2. The molecule has 2 aromatic carbocycles. The van der Waals surface area contributed by atoms with Crippen molar-refractivity contribution in [2.24, 2.45) is 0 Å². The first-order chi connectivity index (χ1) is 11.6. The largest absolute Gasteiger partial charge is 0.313 e. The molecule has 0 radical (unpaired) electrons. The molecule has 1 fully saturated rings. The Kier molecular flexibility index (Phi) is 4.66. The zero-order valence-corrected chi connectivity index (χ0v) is 14.8. The number of nitrogens with zero attached hydrogens (tertiary/aromatic N) is 1. The van der Waals surface area contributed by atoms with Crippen LogP contribution in [0, 0.1) is 6.92 Å². The van der Waals surface area contributed by atoms with Gasteiger partial charge in [0.2, 0.25) is 0 Å². The summed E-state index contributed by atoms with van der Waals surface area (Å²) >= 11 is 0. The van der Waals surface area contributed by atoms with E-state index in [4.69, 9.17) is 4.28 Å². The lowest BCUT2D eigenvalue weighted by atomic mass is 9.92.